The van der Waals surface area contributed by atoms with Crippen molar-refractivity contribution in [1.82, 2.24) is 19.8 Å². The van der Waals surface area contributed by atoms with Gasteiger partial charge in [-0.15, -0.1) is 0 Å². The lowest BCUT2D eigenvalue weighted by Gasteiger charge is -2.35. The number of amides is 2. The molecule has 0 saturated carbocycles. The van der Waals surface area contributed by atoms with Gasteiger partial charge in [-0.3, -0.25) is 9.59 Å². The maximum Gasteiger partial charge on any atom is 0.256 e. The number of pyridine rings is 1. The van der Waals surface area contributed by atoms with Crippen LogP contribution in [0.15, 0.2) is 89.0 Å². The van der Waals surface area contributed by atoms with Gasteiger partial charge in [-0.05, 0) is 35.9 Å². The normalized spacial score (nSPS) is 13.9. The average Bonchev–Trinajstić information content (AvgIpc) is 3.27. The molecule has 0 radical (unpaired) electrons. The molecule has 0 atom stereocenters. The van der Waals surface area contributed by atoms with Gasteiger partial charge in [0, 0.05) is 54.4 Å². The van der Waals surface area contributed by atoms with Crippen LogP contribution in [-0.2, 0) is 11.2 Å². The highest BCUT2D eigenvalue weighted by molar-refractivity contribution is 7.99. The van der Waals surface area contributed by atoms with Gasteiger partial charge in [0.25, 0.3) is 5.91 Å². The fourth-order valence-corrected chi connectivity index (χ4v) is 5.01. The molecule has 1 N–H and O–H groups in total. The van der Waals surface area contributed by atoms with Crippen molar-refractivity contribution in [3.63, 3.8) is 0 Å². The van der Waals surface area contributed by atoms with Gasteiger partial charge < -0.3 is 14.8 Å². The number of rotatable bonds is 5. The number of piperazine rings is 1. The quantitative estimate of drug-likeness (QED) is 0.488. The molecule has 0 aliphatic carbocycles. The van der Waals surface area contributed by atoms with E-state index in [4.69, 9.17) is 0 Å². The van der Waals surface area contributed by atoms with E-state index in [2.05, 4.69) is 9.97 Å². The number of hydrogen-bond donors (Lipinski definition) is 1. The predicted octanol–water partition coefficient (Wildman–Crippen LogP) is 4.24. The summed E-state index contributed by atoms with van der Waals surface area (Å²) in [6.45, 7) is 2.11. The zero-order chi connectivity index (χ0) is 22.6. The topological polar surface area (TPSA) is 69.3 Å². The number of fused-ring (bicyclic) bond motifs is 1. The molecule has 1 aliphatic rings. The van der Waals surface area contributed by atoms with Crippen LogP contribution in [0.25, 0.3) is 10.9 Å². The molecule has 2 amide bonds. The molecular formula is C26H24N4O2S. The third kappa shape index (κ3) is 4.64. The van der Waals surface area contributed by atoms with Crippen LogP contribution in [0, 0.1) is 0 Å². The maximum atomic E-state index is 13.3. The highest BCUT2D eigenvalue weighted by Gasteiger charge is 2.27. The van der Waals surface area contributed by atoms with Gasteiger partial charge in [0.2, 0.25) is 5.91 Å². The maximum absolute atomic E-state index is 13.3. The molecule has 7 heteroatoms. The highest BCUT2D eigenvalue weighted by Crippen LogP contribution is 2.29. The van der Waals surface area contributed by atoms with Crippen molar-refractivity contribution < 1.29 is 9.59 Å². The Hall–Kier alpha value is -3.58. The average molecular weight is 457 g/mol. The van der Waals surface area contributed by atoms with E-state index in [1.54, 1.807) is 12.3 Å². The van der Waals surface area contributed by atoms with Crippen LogP contribution in [0.4, 0.5) is 0 Å². The summed E-state index contributed by atoms with van der Waals surface area (Å²) in [5, 5.41) is 1.78. The summed E-state index contributed by atoms with van der Waals surface area (Å²) in [6, 6.07) is 21.5. The van der Waals surface area contributed by atoms with E-state index in [0.717, 1.165) is 21.4 Å². The third-order valence-electron chi connectivity index (χ3n) is 5.90. The summed E-state index contributed by atoms with van der Waals surface area (Å²) in [5.74, 6) is 0.0545. The fraction of sp³-hybridized carbons (Fsp3) is 0.192. The predicted molar refractivity (Wildman–Crippen MR) is 129 cm³/mol. The molecule has 0 spiro atoms. The monoisotopic (exact) mass is 456 g/mol. The van der Waals surface area contributed by atoms with Crippen LogP contribution in [0.2, 0.25) is 0 Å². The van der Waals surface area contributed by atoms with Crippen molar-refractivity contribution in [2.75, 3.05) is 26.2 Å². The van der Waals surface area contributed by atoms with Gasteiger partial charge in [0.1, 0.15) is 5.03 Å². The number of para-hydroxylation sites is 1. The zero-order valence-electron chi connectivity index (χ0n) is 18.1. The summed E-state index contributed by atoms with van der Waals surface area (Å²) in [6.07, 6.45) is 3.98. The first-order valence-electron chi connectivity index (χ1n) is 11.0. The van der Waals surface area contributed by atoms with Gasteiger partial charge in [-0.25, -0.2) is 4.98 Å². The van der Waals surface area contributed by atoms with Crippen molar-refractivity contribution in [1.29, 1.82) is 0 Å². The molecule has 33 heavy (non-hydrogen) atoms. The molecule has 1 fully saturated rings. The standard InChI is InChI=1S/C26H24N4O2S/c31-24(17-19-18-28-23-11-5-4-9-21(19)23)29-13-15-30(16-14-29)26(32)22-10-6-12-27-25(22)33-20-7-2-1-3-8-20/h1-12,18,28H,13-17H2. The zero-order valence-corrected chi connectivity index (χ0v) is 18.9. The van der Waals surface area contributed by atoms with Crippen LogP contribution < -0.4 is 0 Å². The summed E-state index contributed by atoms with van der Waals surface area (Å²) >= 11 is 1.49. The number of carbonyl (C=O) groups excluding carboxylic acids is 2. The van der Waals surface area contributed by atoms with Gasteiger partial charge in [0.15, 0.2) is 0 Å². The lowest BCUT2D eigenvalue weighted by molar-refractivity contribution is -0.131. The molecule has 0 bridgehead atoms. The van der Waals surface area contributed by atoms with Crippen molar-refractivity contribution in [2.24, 2.45) is 0 Å². The molecule has 166 valence electrons. The Bertz CT molecular complexity index is 1280. The van der Waals surface area contributed by atoms with Crippen LogP contribution in [0.1, 0.15) is 15.9 Å². The van der Waals surface area contributed by atoms with Crippen molar-refractivity contribution in [3.05, 3.63) is 90.3 Å². The molecule has 5 rings (SSSR count). The summed E-state index contributed by atoms with van der Waals surface area (Å²) in [5.41, 5.74) is 2.65. The Morgan fingerprint density at radius 3 is 2.42 bits per heavy atom. The molecule has 4 aromatic rings. The number of aromatic amines is 1. The number of benzene rings is 2. The van der Waals surface area contributed by atoms with Gasteiger partial charge in [-0.2, -0.15) is 0 Å². The summed E-state index contributed by atoms with van der Waals surface area (Å²) < 4.78 is 0. The Morgan fingerprint density at radius 2 is 1.61 bits per heavy atom. The number of hydrogen-bond acceptors (Lipinski definition) is 4. The van der Waals surface area contributed by atoms with Gasteiger partial charge >= 0.3 is 0 Å². The molecular weight excluding hydrogens is 432 g/mol. The molecule has 1 saturated heterocycles. The van der Waals surface area contributed by atoms with E-state index >= 15 is 0 Å². The number of H-pyrrole nitrogens is 1. The minimum Gasteiger partial charge on any atom is -0.361 e. The smallest absolute Gasteiger partial charge is 0.256 e. The van der Waals surface area contributed by atoms with Crippen LogP contribution in [-0.4, -0.2) is 57.8 Å². The van der Waals surface area contributed by atoms with E-state index in [1.807, 2.05) is 76.7 Å². The van der Waals surface area contributed by atoms with Crippen LogP contribution >= 0.6 is 11.8 Å². The molecule has 2 aromatic carbocycles. The first kappa shape index (κ1) is 21.3. The minimum atomic E-state index is -0.0368. The van der Waals surface area contributed by atoms with E-state index in [0.29, 0.717) is 43.2 Å². The largest absolute Gasteiger partial charge is 0.361 e. The van der Waals surface area contributed by atoms with Gasteiger partial charge in [-0.1, -0.05) is 48.2 Å². The summed E-state index contributed by atoms with van der Waals surface area (Å²) in [4.78, 5) is 38.6. The second-order valence-corrected chi connectivity index (χ2v) is 9.04. The fourth-order valence-electron chi connectivity index (χ4n) is 4.12. The Labute approximate surface area is 196 Å². The lowest BCUT2D eigenvalue weighted by Crippen LogP contribution is -2.51. The van der Waals surface area contributed by atoms with E-state index in [1.165, 1.54) is 11.8 Å². The third-order valence-corrected chi connectivity index (χ3v) is 6.92. The molecule has 6 nitrogen and oxygen atoms in total. The molecule has 0 unspecified atom stereocenters. The first-order chi connectivity index (χ1) is 16.2. The number of carbonyl (C=O) groups is 2. The first-order valence-corrected chi connectivity index (χ1v) is 11.8. The highest BCUT2D eigenvalue weighted by atomic mass is 32.2. The second kappa shape index (κ2) is 9.50. The molecule has 1 aliphatic heterocycles. The minimum absolute atomic E-state index is 0.0368. The van der Waals surface area contributed by atoms with E-state index < -0.39 is 0 Å². The van der Waals surface area contributed by atoms with Crippen LogP contribution in [0.3, 0.4) is 0 Å². The second-order valence-electron chi connectivity index (χ2n) is 7.98. The molecule has 3 heterocycles. The Balaban J connectivity index is 1.22. The van der Waals surface area contributed by atoms with E-state index in [9.17, 15) is 9.59 Å². The number of aromatic nitrogens is 2. The lowest BCUT2D eigenvalue weighted by atomic mass is 10.1. The van der Waals surface area contributed by atoms with Crippen molar-refractivity contribution >= 4 is 34.5 Å². The van der Waals surface area contributed by atoms with Crippen LogP contribution in [0.5, 0.6) is 0 Å². The van der Waals surface area contributed by atoms with Crippen molar-refractivity contribution in [3.8, 4) is 0 Å². The molecule has 2 aromatic heterocycles. The summed E-state index contributed by atoms with van der Waals surface area (Å²) in [7, 11) is 0. The van der Waals surface area contributed by atoms with E-state index in [-0.39, 0.29) is 11.8 Å². The Morgan fingerprint density at radius 1 is 0.879 bits per heavy atom. The van der Waals surface area contributed by atoms with Gasteiger partial charge in [0.05, 0.1) is 12.0 Å². The Kier molecular flexibility index (Phi) is 6.13. The number of nitrogens with one attached hydrogen (secondary N) is 1. The SMILES string of the molecule is O=C(Cc1c[nH]c2ccccc12)N1CCN(C(=O)c2cccnc2Sc2ccccc2)CC1. The van der Waals surface area contributed by atoms with Crippen molar-refractivity contribution in [2.45, 2.75) is 16.3 Å². The number of nitrogens with zero attached hydrogens (tertiary/aromatic N) is 3.